The molecule has 0 saturated heterocycles. The van der Waals surface area contributed by atoms with Gasteiger partial charge in [-0.3, -0.25) is 0 Å². The number of benzene rings is 2. The van der Waals surface area contributed by atoms with Gasteiger partial charge in [-0.2, -0.15) is 13.2 Å². The van der Waals surface area contributed by atoms with Crippen LogP contribution in [-0.2, 0) is 15.7 Å². The minimum Gasteiger partial charge on any atom is -0.493 e. The van der Waals surface area contributed by atoms with Gasteiger partial charge in [0.05, 0.1) is 18.8 Å². The van der Waals surface area contributed by atoms with Gasteiger partial charge in [0.1, 0.15) is 11.5 Å². The molecule has 0 N–H and O–H groups in total. The smallest absolute Gasteiger partial charge is 0.416 e. The van der Waals surface area contributed by atoms with Gasteiger partial charge < -0.3 is 14.2 Å². The molecule has 2 unspecified atom stereocenters. The summed E-state index contributed by atoms with van der Waals surface area (Å²) in [5.74, 6) is 1.70. The van der Waals surface area contributed by atoms with Crippen LogP contribution in [0.1, 0.15) is 38.3 Å². The van der Waals surface area contributed by atoms with Crippen molar-refractivity contribution in [1.82, 2.24) is 0 Å². The van der Waals surface area contributed by atoms with Crippen molar-refractivity contribution < 1.29 is 32.2 Å². The first-order valence-electron chi connectivity index (χ1n) is 10.5. The van der Waals surface area contributed by atoms with E-state index in [1.165, 1.54) is 12.1 Å². The van der Waals surface area contributed by atoms with Crippen LogP contribution in [0.4, 0.5) is 13.2 Å². The predicted molar refractivity (Wildman–Crippen MR) is 119 cm³/mol. The molecule has 4 nitrogen and oxygen atoms in total. The van der Waals surface area contributed by atoms with Gasteiger partial charge in [-0.05, 0) is 75.2 Å². The highest BCUT2D eigenvalue weighted by atomic mass is 32.2. The molecule has 0 aliphatic carbocycles. The van der Waals surface area contributed by atoms with Crippen LogP contribution in [0.3, 0.4) is 0 Å². The van der Waals surface area contributed by atoms with Crippen LogP contribution in [-0.4, -0.2) is 31.0 Å². The van der Waals surface area contributed by atoms with Crippen molar-refractivity contribution in [3.8, 4) is 11.5 Å². The Bertz CT molecular complexity index is 869. The Balaban J connectivity index is 1.87. The third kappa shape index (κ3) is 7.97. The average molecular weight is 471 g/mol. The molecule has 32 heavy (non-hydrogen) atoms. The van der Waals surface area contributed by atoms with E-state index in [9.17, 15) is 18.0 Å². The molecule has 2 aromatic rings. The van der Waals surface area contributed by atoms with Gasteiger partial charge in [0.25, 0.3) is 0 Å². The SMILES string of the molecule is CCOC(=O)C(C)Oc1ccc(SCC(CC)COc2ccc(C(F)(F)F)cc2)cc1C. The molecule has 0 bridgehead atoms. The van der Waals surface area contributed by atoms with Gasteiger partial charge in [-0.15, -0.1) is 11.8 Å². The lowest BCUT2D eigenvalue weighted by molar-refractivity contribution is -0.150. The maximum Gasteiger partial charge on any atom is 0.416 e. The van der Waals surface area contributed by atoms with E-state index in [4.69, 9.17) is 14.2 Å². The molecular weight excluding hydrogens is 441 g/mol. The maximum absolute atomic E-state index is 12.7. The molecule has 0 radical (unpaired) electrons. The summed E-state index contributed by atoms with van der Waals surface area (Å²) in [7, 11) is 0. The number of carbonyl (C=O) groups excluding carboxylic acids is 1. The van der Waals surface area contributed by atoms with Crippen LogP contribution in [0.25, 0.3) is 0 Å². The van der Waals surface area contributed by atoms with E-state index in [-0.39, 0.29) is 5.92 Å². The van der Waals surface area contributed by atoms with Crippen molar-refractivity contribution in [3.63, 3.8) is 0 Å². The summed E-state index contributed by atoms with van der Waals surface area (Å²) < 4.78 is 54.3. The number of alkyl halides is 3. The second-order valence-electron chi connectivity index (χ2n) is 7.36. The zero-order valence-corrected chi connectivity index (χ0v) is 19.5. The molecule has 8 heteroatoms. The Kier molecular flexibility index (Phi) is 9.75. The minimum atomic E-state index is -4.35. The average Bonchev–Trinajstić information content (AvgIpc) is 2.75. The molecule has 0 aliphatic rings. The van der Waals surface area contributed by atoms with Crippen LogP contribution >= 0.6 is 11.8 Å². The summed E-state index contributed by atoms with van der Waals surface area (Å²) in [6.45, 7) is 8.11. The number of hydrogen-bond donors (Lipinski definition) is 0. The quantitative estimate of drug-likeness (QED) is 0.276. The van der Waals surface area contributed by atoms with Gasteiger partial charge in [0, 0.05) is 16.6 Å². The standard InChI is InChI=1S/C24H29F3O4S/c1-5-18(14-30-20-9-7-19(8-10-20)24(25,26)27)15-32-21-11-12-22(16(3)13-21)31-17(4)23(28)29-6-2/h7-13,17-18H,5-6,14-15H2,1-4H3. The van der Waals surface area contributed by atoms with E-state index < -0.39 is 23.8 Å². The molecule has 0 heterocycles. The fourth-order valence-corrected chi connectivity index (χ4v) is 3.98. The third-order valence-corrected chi connectivity index (χ3v) is 6.02. The molecule has 0 aliphatic heterocycles. The van der Waals surface area contributed by atoms with Crippen molar-refractivity contribution in [2.24, 2.45) is 5.92 Å². The van der Waals surface area contributed by atoms with Gasteiger partial charge in [0.15, 0.2) is 6.10 Å². The van der Waals surface area contributed by atoms with Crippen molar-refractivity contribution in [1.29, 1.82) is 0 Å². The predicted octanol–water partition coefficient (Wildman–Crippen LogP) is 6.54. The maximum atomic E-state index is 12.7. The van der Waals surface area contributed by atoms with Crippen LogP contribution in [0.15, 0.2) is 47.4 Å². The number of esters is 1. The number of ether oxygens (including phenoxy) is 3. The summed E-state index contributed by atoms with van der Waals surface area (Å²) in [6, 6.07) is 10.5. The highest BCUT2D eigenvalue weighted by Crippen LogP contribution is 2.31. The Morgan fingerprint density at radius 2 is 1.78 bits per heavy atom. The summed E-state index contributed by atoms with van der Waals surface area (Å²) in [5.41, 5.74) is 0.229. The van der Waals surface area contributed by atoms with Crippen molar-refractivity contribution in [3.05, 3.63) is 53.6 Å². The molecule has 0 amide bonds. The van der Waals surface area contributed by atoms with Crippen LogP contribution in [0, 0.1) is 12.8 Å². The number of rotatable bonds is 11. The molecule has 0 spiro atoms. The van der Waals surface area contributed by atoms with Crippen molar-refractivity contribution in [2.75, 3.05) is 19.0 Å². The van der Waals surface area contributed by atoms with Crippen molar-refractivity contribution >= 4 is 17.7 Å². The monoisotopic (exact) mass is 470 g/mol. The Morgan fingerprint density at radius 1 is 1.09 bits per heavy atom. The highest BCUT2D eigenvalue weighted by Gasteiger charge is 2.30. The first-order valence-corrected chi connectivity index (χ1v) is 11.5. The summed E-state index contributed by atoms with van der Waals surface area (Å²) in [6.07, 6.45) is -4.15. The number of halogens is 3. The van der Waals surface area contributed by atoms with Crippen LogP contribution in [0.5, 0.6) is 11.5 Å². The van der Waals surface area contributed by atoms with E-state index in [2.05, 4.69) is 6.92 Å². The fourth-order valence-electron chi connectivity index (χ4n) is 2.79. The van der Waals surface area contributed by atoms with Gasteiger partial charge >= 0.3 is 12.1 Å². The molecule has 2 rings (SSSR count). The largest absolute Gasteiger partial charge is 0.493 e. The third-order valence-electron chi connectivity index (χ3n) is 4.80. The Labute approximate surface area is 191 Å². The molecule has 2 aromatic carbocycles. The van der Waals surface area contributed by atoms with Gasteiger partial charge in [0.2, 0.25) is 0 Å². The molecule has 2 atom stereocenters. The van der Waals surface area contributed by atoms with Crippen LogP contribution in [0.2, 0.25) is 0 Å². The molecule has 0 saturated carbocycles. The van der Waals surface area contributed by atoms with Crippen molar-refractivity contribution in [2.45, 2.75) is 51.3 Å². The number of aryl methyl sites for hydroxylation is 1. The van der Waals surface area contributed by atoms with E-state index >= 15 is 0 Å². The van der Waals surface area contributed by atoms with E-state index in [0.717, 1.165) is 34.8 Å². The molecule has 0 aromatic heterocycles. The van der Waals surface area contributed by atoms with E-state index in [1.54, 1.807) is 25.6 Å². The zero-order chi connectivity index (χ0) is 23.7. The van der Waals surface area contributed by atoms with E-state index in [0.29, 0.717) is 24.7 Å². The van der Waals surface area contributed by atoms with Crippen LogP contribution < -0.4 is 9.47 Å². The number of thioether (sulfide) groups is 1. The fraction of sp³-hybridized carbons (Fsp3) is 0.458. The highest BCUT2D eigenvalue weighted by molar-refractivity contribution is 7.99. The number of carbonyl (C=O) groups is 1. The minimum absolute atomic E-state index is 0.238. The second-order valence-corrected chi connectivity index (χ2v) is 8.45. The summed E-state index contributed by atoms with van der Waals surface area (Å²) >= 11 is 1.67. The molecular formula is C24H29F3O4S. The first-order chi connectivity index (χ1) is 15.1. The Hall–Kier alpha value is -2.35. The lowest BCUT2D eigenvalue weighted by atomic mass is 10.1. The second kappa shape index (κ2) is 12.0. The lowest BCUT2D eigenvalue weighted by Gasteiger charge is -2.17. The zero-order valence-electron chi connectivity index (χ0n) is 18.7. The summed E-state index contributed by atoms with van der Waals surface area (Å²) in [4.78, 5) is 12.8. The van der Waals surface area contributed by atoms with Gasteiger partial charge in [-0.25, -0.2) is 4.79 Å². The normalized spacial score (nSPS) is 13.3. The topological polar surface area (TPSA) is 44.8 Å². The van der Waals surface area contributed by atoms with Gasteiger partial charge in [-0.1, -0.05) is 6.92 Å². The molecule has 176 valence electrons. The summed E-state index contributed by atoms with van der Waals surface area (Å²) in [5, 5.41) is 0. The molecule has 0 fully saturated rings. The number of hydrogen-bond acceptors (Lipinski definition) is 5. The lowest BCUT2D eigenvalue weighted by Crippen LogP contribution is -2.26. The Morgan fingerprint density at radius 3 is 2.34 bits per heavy atom. The first kappa shape index (κ1) is 25.9. The van der Waals surface area contributed by atoms with E-state index in [1.807, 2.05) is 25.1 Å².